The molecule has 4 heteroatoms. The van der Waals surface area contributed by atoms with Gasteiger partial charge in [-0.2, -0.15) is 0 Å². The molecule has 0 saturated carbocycles. The van der Waals surface area contributed by atoms with Crippen molar-refractivity contribution in [2.75, 3.05) is 19.7 Å². The van der Waals surface area contributed by atoms with Gasteiger partial charge in [0.05, 0.1) is 5.60 Å². The van der Waals surface area contributed by atoms with Gasteiger partial charge < -0.3 is 14.7 Å². The second kappa shape index (κ2) is 5.91. The molecule has 3 rings (SSSR count). The Kier molecular flexibility index (Phi) is 4.23. The molecular weight excluding hydrogens is 290 g/mol. The quantitative estimate of drug-likeness (QED) is 0.866. The molecule has 1 aromatic carbocycles. The lowest BCUT2D eigenvalue weighted by Gasteiger charge is -2.42. The molecule has 2 aliphatic rings. The fraction of sp³-hybridized carbons (Fsp3) is 0.632. The first kappa shape index (κ1) is 16.5. The standard InChI is InChI=1S/C19H27NO3/c1-18(2,3)15-7-5-14(6-8-15)17(22)20-11-10-19(16(21)13-20)9-4-12-23-19/h5-8,16,21H,4,9-13H2,1-3H3/t16-,19-/m0/s1. The number of carbonyl (C=O) groups excluding carboxylic acids is 1. The molecule has 1 N–H and O–H groups in total. The first-order chi connectivity index (χ1) is 10.8. The number of hydrogen-bond acceptors (Lipinski definition) is 3. The summed E-state index contributed by atoms with van der Waals surface area (Å²) in [6, 6.07) is 7.84. The number of carbonyl (C=O) groups is 1. The van der Waals surface area contributed by atoms with Crippen LogP contribution in [0.3, 0.4) is 0 Å². The highest BCUT2D eigenvalue weighted by Crippen LogP contribution is 2.36. The molecule has 126 valence electrons. The summed E-state index contributed by atoms with van der Waals surface area (Å²) in [5.41, 5.74) is 1.57. The number of nitrogens with zero attached hydrogens (tertiary/aromatic N) is 1. The fourth-order valence-corrected chi connectivity index (χ4v) is 3.62. The summed E-state index contributed by atoms with van der Waals surface area (Å²) in [6.45, 7) is 8.21. The average molecular weight is 317 g/mol. The number of benzene rings is 1. The number of aliphatic hydroxyl groups excluding tert-OH is 1. The summed E-state index contributed by atoms with van der Waals surface area (Å²) in [5, 5.41) is 10.5. The molecule has 0 bridgehead atoms. The van der Waals surface area contributed by atoms with Crippen LogP contribution in [0.2, 0.25) is 0 Å². The third-order valence-corrected chi connectivity index (χ3v) is 5.22. The summed E-state index contributed by atoms with van der Waals surface area (Å²) in [7, 11) is 0. The number of aliphatic hydroxyl groups is 1. The van der Waals surface area contributed by atoms with Crippen LogP contribution in [-0.2, 0) is 10.2 Å². The summed E-state index contributed by atoms with van der Waals surface area (Å²) in [4.78, 5) is 14.4. The maximum Gasteiger partial charge on any atom is 0.253 e. The van der Waals surface area contributed by atoms with Gasteiger partial charge in [-0.15, -0.1) is 0 Å². The zero-order valence-electron chi connectivity index (χ0n) is 14.3. The number of amides is 1. The topological polar surface area (TPSA) is 49.8 Å². The molecule has 2 saturated heterocycles. The van der Waals surface area contributed by atoms with Crippen LogP contribution in [0.4, 0.5) is 0 Å². The van der Waals surface area contributed by atoms with Crippen molar-refractivity contribution >= 4 is 5.91 Å². The molecular formula is C19H27NO3. The maximum absolute atomic E-state index is 12.7. The summed E-state index contributed by atoms with van der Waals surface area (Å²) < 4.78 is 5.79. The number of likely N-dealkylation sites (tertiary alicyclic amines) is 1. The van der Waals surface area contributed by atoms with Crippen molar-refractivity contribution in [3.05, 3.63) is 35.4 Å². The molecule has 0 aliphatic carbocycles. The Bertz CT molecular complexity index is 567. The number of β-amino-alcohol motifs (C(OH)–C–C–N with tert-alkyl or cyclic N) is 1. The lowest BCUT2D eigenvalue weighted by molar-refractivity contribution is -0.122. The van der Waals surface area contributed by atoms with Gasteiger partial charge in [0.1, 0.15) is 6.10 Å². The van der Waals surface area contributed by atoms with E-state index in [1.54, 1.807) is 4.90 Å². The van der Waals surface area contributed by atoms with Crippen LogP contribution in [0.25, 0.3) is 0 Å². The number of piperidine rings is 1. The Morgan fingerprint density at radius 1 is 1.26 bits per heavy atom. The first-order valence-electron chi connectivity index (χ1n) is 8.54. The van der Waals surface area contributed by atoms with E-state index in [4.69, 9.17) is 4.74 Å². The van der Waals surface area contributed by atoms with Crippen molar-refractivity contribution in [3.8, 4) is 0 Å². The number of ether oxygens (including phenoxy) is 1. The molecule has 2 atom stereocenters. The predicted octanol–water partition coefficient (Wildman–Crippen LogP) is 2.74. The summed E-state index contributed by atoms with van der Waals surface area (Å²) in [5.74, 6) is -0.00245. The molecule has 0 unspecified atom stereocenters. The SMILES string of the molecule is CC(C)(C)c1ccc(C(=O)N2CC[C@@]3(CCCO3)[C@@H](O)C2)cc1. The maximum atomic E-state index is 12.7. The van der Waals surface area contributed by atoms with Gasteiger partial charge in [-0.25, -0.2) is 0 Å². The van der Waals surface area contributed by atoms with Gasteiger partial charge in [0.15, 0.2) is 0 Å². The van der Waals surface area contributed by atoms with Crippen LogP contribution >= 0.6 is 0 Å². The van der Waals surface area contributed by atoms with Crippen molar-refractivity contribution in [2.45, 2.75) is 57.2 Å². The Hall–Kier alpha value is -1.39. The van der Waals surface area contributed by atoms with Gasteiger partial charge in [-0.3, -0.25) is 4.79 Å². The lowest BCUT2D eigenvalue weighted by Crippen LogP contribution is -2.56. The number of hydrogen-bond donors (Lipinski definition) is 1. The Morgan fingerprint density at radius 2 is 1.96 bits per heavy atom. The van der Waals surface area contributed by atoms with Crippen molar-refractivity contribution < 1.29 is 14.6 Å². The van der Waals surface area contributed by atoms with Crippen molar-refractivity contribution in [3.63, 3.8) is 0 Å². The minimum Gasteiger partial charge on any atom is -0.388 e. The Morgan fingerprint density at radius 3 is 2.48 bits per heavy atom. The van der Waals surface area contributed by atoms with E-state index < -0.39 is 11.7 Å². The number of rotatable bonds is 1. The van der Waals surface area contributed by atoms with Crippen LogP contribution < -0.4 is 0 Å². The van der Waals surface area contributed by atoms with E-state index in [1.165, 1.54) is 5.56 Å². The molecule has 23 heavy (non-hydrogen) atoms. The van der Waals surface area contributed by atoms with Gasteiger partial charge in [-0.1, -0.05) is 32.9 Å². The highest BCUT2D eigenvalue weighted by Gasteiger charge is 2.46. The second-order valence-electron chi connectivity index (χ2n) is 7.86. The van der Waals surface area contributed by atoms with Gasteiger partial charge in [-0.05, 0) is 42.4 Å². The van der Waals surface area contributed by atoms with E-state index in [0.717, 1.165) is 25.9 Å². The van der Waals surface area contributed by atoms with Crippen molar-refractivity contribution in [1.29, 1.82) is 0 Å². The van der Waals surface area contributed by atoms with Crippen molar-refractivity contribution in [1.82, 2.24) is 4.90 Å². The highest BCUT2D eigenvalue weighted by molar-refractivity contribution is 5.94. The molecule has 0 aromatic heterocycles. The molecule has 1 amide bonds. The van der Waals surface area contributed by atoms with Crippen molar-refractivity contribution in [2.24, 2.45) is 0 Å². The van der Waals surface area contributed by atoms with E-state index in [1.807, 2.05) is 24.3 Å². The Balaban J connectivity index is 1.69. The zero-order chi connectivity index (χ0) is 16.7. The molecule has 0 radical (unpaired) electrons. The normalized spacial score (nSPS) is 28.3. The lowest BCUT2D eigenvalue weighted by atomic mass is 9.85. The molecule has 1 spiro atoms. The largest absolute Gasteiger partial charge is 0.388 e. The van der Waals surface area contributed by atoms with Gasteiger partial charge in [0.25, 0.3) is 5.91 Å². The van der Waals surface area contributed by atoms with E-state index in [0.29, 0.717) is 18.7 Å². The third kappa shape index (κ3) is 3.15. The van der Waals surface area contributed by atoms with Crippen LogP contribution in [-0.4, -0.2) is 47.3 Å². The smallest absolute Gasteiger partial charge is 0.253 e. The summed E-state index contributed by atoms with van der Waals surface area (Å²) in [6.07, 6.45) is 2.03. The fourth-order valence-electron chi connectivity index (χ4n) is 3.62. The zero-order valence-corrected chi connectivity index (χ0v) is 14.3. The van der Waals surface area contributed by atoms with Crippen LogP contribution in [0, 0.1) is 0 Å². The van der Waals surface area contributed by atoms with Gasteiger partial charge >= 0.3 is 0 Å². The van der Waals surface area contributed by atoms with Gasteiger partial charge in [0, 0.05) is 25.3 Å². The van der Waals surface area contributed by atoms with Crippen LogP contribution in [0.5, 0.6) is 0 Å². The minimum absolute atomic E-state index is 0.00245. The van der Waals surface area contributed by atoms with E-state index in [2.05, 4.69) is 20.8 Å². The molecule has 2 heterocycles. The Labute approximate surface area is 138 Å². The molecule has 2 fully saturated rings. The van der Waals surface area contributed by atoms with Crippen LogP contribution in [0.1, 0.15) is 56.0 Å². The average Bonchev–Trinajstić information content (AvgIpc) is 2.99. The predicted molar refractivity (Wildman–Crippen MR) is 89.6 cm³/mol. The molecule has 1 aromatic rings. The second-order valence-corrected chi connectivity index (χ2v) is 7.86. The highest BCUT2D eigenvalue weighted by atomic mass is 16.5. The van der Waals surface area contributed by atoms with E-state index in [-0.39, 0.29) is 11.3 Å². The third-order valence-electron chi connectivity index (χ3n) is 5.22. The van der Waals surface area contributed by atoms with E-state index in [9.17, 15) is 9.90 Å². The molecule has 4 nitrogen and oxygen atoms in total. The summed E-state index contributed by atoms with van der Waals surface area (Å²) >= 11 is 0. The van der Waals surface area contributed by atoms with E-state index >= 15 is 0 Å². The van der Waals surface area contributed by atoms with Gasteiger partial charge in [0.2, 0.25) is 0 Å². The van der Waals surface area contributed by atoms with Crippen LogP contribution in [0.15, 0.2) is 24.3 Å². The minimum atomic E-state index is -0.587. The molecule has 2 aliphatic heterocycles. The monoisotopic (exact) mass is 317 g/mol. The first-order valence-corrected chi connectivity index (χ1v) is 8.54.